The fourth-order valence-electron chi connectivity index (χ4n) is 8.09. The second-order valence-electron chi connectivity index (χ2n) is 13.3. The molecule has 0 unspecified atom stereocenters. The van der Waals surface area contributed by atoms with Crippen molar-refractivity contribution in [3.05, 3.63) is 35.4 Å². The molecular weight excluding hydrogens is 636 g/mol. The zero-order chi connectivity index (χ0) is 35.4. The van der Waals surface area contributed by atoms with Gasteiger partial charge in [-0.25, -0.2) is 0 Å². The second-order valence-corrected chi connectivity index (χ2v) is 13.3. The lowest BCUT2D eigenvalue weighted by Gasteiger charge is -2.42. The summed E-state index contributed by atoms with van der Waals surface area (Å²) in [5.41, 5.74) is 1.47. The van der Waals surface area contributed by atoms with Gasteiger partial charge in [-0.3, -0.25) is 38.6 Å². The van der Waals surface area contributed by atoms with Crippen LogP contribution in [0.1, 0.15) is 69.8 Å². The summed E-state index contributed by atoms with van der Waals surface area (Å²) in [6, 6.07) is 3.24. The van der Waals surface area contributed by atoms with Crippen molar-refractivity contribution in [2.45, 2.75) is 64.2 Å². The smallest absolute Gasteiger partial charge is 0.303 e. The van der Waals surface area contributed by atoms with Crippen molar-refractivity contribution in [2.24, 2.45) is 35.5 Å². The van der Waals surface area contributed by atoms with Crippen molar-refractivity contribution in [3.63, 3.8) is 0 Å². The minimum absolute atomic E-state index is 0.0112. The molecule has 2 aliphatic heterocycles. The minimum Gasteiger partial charge on any atom is -0.502 e. The summed E-state index contributed by atoms with van der Waals surface area (Å²) < 4.78 is 10.6. The molecule has 0 radical (unpaired) electrons. The number of fused-ring (bicyclic) bond motifs is 4. The molecule has 2 saturated heterocycles. The molecule has 49 heavy (non-hydrogen) atoms. The monoisotopic (exact) mass is 680 g/mol. The van der Waals surface area contributed by atoms with E-state index < -0.39 is 47.4 Å². The SMILES string of the molecule is COc1cc(C=C[C@H]2C3=CC[C@@H]4C(=O)N(CCCCCC(=O)O)C(=O)[C@@H]4[C@@H]3C[C@H]3C(=O)N(CCCCCC(=O)O)C(=O)[C@@H]23)cc(OC)c1O. The Hall–Kier alpha value is -4.68. The van der Waals surface area contributed by atoms with E-state index in [4.69, 9.17) is 19.7 Å². The van der Waals surface area contributed by atoms with Crippen LogP contribution >= 0.6 is 0 Å². The number of rotatable bonds is 16. The van der Waals surface area contributed by atoms with E-state index in [-0.39, 0.29) is 73.2 Å². The number of allylic oxidation sites excluding steroid dienone is 3. The Labute approximate surface area is 284 Å². The number of likely N-dealkylation sites (tertiary alicyclic amines) is 2. The molecule has 1 aromatic rings. The van der Waals surface area contributed by atoms with Gasteiger partial charge in [0, 0.05) is 31.8 Å². The number of amides is 4. The number of phenols is 1. The summed E-state index contributed by atoms with van der Waals surface area (Å²) in [6.07, 6.45) is 9.19. The number of imide groups is 2. The third kappa shape index (κ3) is 7.20. The molecule has 1 aromatic carbocycles. The number of methoxy groups -OCH3 is 2. The molecule has 2 heterocycles. The van der Waals surface area contributed by atoms with Crippen LogP contribution in [0.2, 0.25) is 0 Å². The summed E-state index contributed by atoms with van der Waals surface area (Å²) in [7, 11) is 2.83. The van der Waals surface area contributed by atoms with Crippen molar-refractivity contribution in [2.75, 3.05) is 27.3 Å². The van der Waals surface area contributed by atoms with Gasteiger partial charge in [-0.15, -0.1) is 0 Å². The fraction of sp³-hybridized carbons (Fsp3) is 0.556. The van der Waals surface area contributed by atoms with Gasteiger partial charge in [-0.1, -0.05) is 36.6 Å². The van der Waals surface area contributed by atoms with Crippen LogP contribution in [0.15, 0.2) is 29.9 Å². The Morgan fingerprint density at radius 2 is 1.29 bits per heavy atom. The molecule has 4 amide bonds. The van der Waals surface area contributed by atoms with Crippen molar-refractivity contribution in [3.8, 4) is 17.2 Å². The summed E-state index contributed by atoms with van der Waals surface area (Å²) in [5, 5.41) is 28.3. The molecule has 6 atom stereocenters. The van der Waals surface area contributed by atoms with Crippen molar-refractivity contribution < 1.29 is 53.6 Å². The van der Waals surface area contributed by atoms with E-state index in [1.54, 1.807) is 18.2 Å². The van der Waals surface area contributed by atoms with Crippen LogP contribution in [0.3, 0.4) is 0 Å². The highest BCUT2D eigenvalue weighted by Crippen LogP contribution is 2.55. The van der Waals surface area contributed by atoms with Crippen molar-refractivity contribution in [1.82, 2.24) is 9.80 Å². The number of carbonyl (C=O) groups is 6. The van der Waals surface area contributed by atoms with Crippen LogP contribution in [-0.2, 0) is 28.8 Å². The van der Waals surface area contributed by atoms with E-state index in [0.29, 0.717) is 50.5 Å². The van der Waals surface area contributed by atoms with Crippen molar-refractivity contribution >= 4 is 41.6 Å². The van der Waals surface area contributed by atoms with Gasteiger partial charge >= 0.3 is 11.9 Å². The first kappa shape index (κ1) is 35.6. The molecule has 2 aliphatic carbocycles. The number of hydrogen-bond acceptors (Lipinski definition) is 9. The zero-order valence-corrected chi connectivity index (χ0v) is 27.8. The number of nitrogens with zero attached hydrogens (tertiary/aromatic N) is 2. The van der Waals surface area contributed by atoms with Gasteiger partial charge < -0.3 is 24.8 Å². The normalized spacial score (nSPS) is 26.1. The first-order valence-electron chi connectivity index (χ1n) is 17.0. The van der Waals surface area contributed by atoms with E-state index in [0.717, 1.165) is 5.57 Å². The highest BCUT2D eigenvalue weighted by Gasteiger charge is 2.61. The van der Waals surface area contributed by atoms with Crippen LogP contribution in [-0.4, -0.2) is 88.0 Å². The maximum absolute atomic E-state index is 14.0. The standard InChI is InChI=1S/C36H44N2O11/c1-48-26-17-20(18-27(49-2)32(26)43)11-12-22-21-13-14-23-31(36(47)37(33(23)44)15-7-3-5-9-28(39)40)24(21)19-25-30(22)35(46)38(34(25)45)16-8-4-6-10-29(41)42/h11-13,17-18,22-25,30-31,43H,3-10,14-16,19H2,1-2H3,(H,39,40)(H,41,42)/t22-,23-,24+,25+,30-,31-/m0/s1. The van der Waals surface area contributed by atoms with Gasteiger partial charge in [0.05, 0.1) is 37.9 Å². The number of ether oxygens (including phenoxy) is 2. The molecule has 1 saturated carbocycles. The molecule has 5 rings (SSSR count). The lowest BCUT2D eigenvalue weighted by atomic mass is 9.58. The van der Waals surface area contributed by atoms with Crippen molar-refractivity contribution in [1.29, 1.82) is 0 Å². The summed E-state index contributed by atoms with van der Waals surface area (Å²) in [4.78, 5) is 79.6. The maximum Gasteiger partial charge on any atom is 0.303 e. The van der Waals surface area contributed by atoms with Crippen LogP contribution in [0.5, 0.6) is 17.2 Å². The summed E-state index contributed by atoms with van der Waals surface area (Å²) >= 11 is 0. The van der Waals surface area contributed by atoms with Gasteiger partial charge in [-0.2, -0.15) is 0 Å². The maximum atomic E-state index is 14.0. The first-order valence-corrected chi connectivity index (χ1v) is 17.0. The van der Waals surface area contributed by atoms with E-state index in [1.165, 1.54) is 24.0 Å². The number of aromatic hydroxyl groups is 1. The molecular formula is C36H44N2O11. The van der Waals surface area contributed by atoms with E-state index >= 15 is 0 Å². The Morgan fingerprint density at radius 1 is 0.755 bits per heavy atom. The molecule has 0 aromatic heterocycles. The number of carbonyl (C=O) groups excluding carboxylic acids is 4. The number of carboxylic acid groups (broad SMARTS) is 2. The molecule has 264 valence electrons. The highest BCUT2D eigenvalue weighted by molar-refractivity contribution is 6.07. The number of unbranched alkanes of at least 4 members (excludes halogenated alkanes) is 4. The molecule has 0 bridgehead atoms. The Morgan fingerprint density at radius 3 is 1.82 bits per heavy atom. The molecule has 0 spiro atoms. The molecule has 13 nitrogen and oxygen atoms in total. The van der Waals surface area contributed by atoms with Gasteiger partial charge in [-0.05, 0) is 62.1 Å². The average molecular weight is 681 g/mol. The van der Waals surface area contributed by atoms with Crippen LogP contribution < -0.4 is 9.47 Å². The predicted octanol–water partition coefficient (Wildman–Crippen LogP) is 3.88. The molecule has 4 aliphatic rings. The molecule has 3 N–H and O–H groups in total. The topological polar surface area (TPSA) is 188 Å². The van der Waals surface area contributed by atoms with Crippen LogP contribution in [0, 0.1) is 35.5 Å². The molecule has 3 fully saturated rings. The lowest BCUT2D eigenvalue weighted by molar-refractivity contribution is -0.142. The number of benzene rings is 1. The van der Waals surface area contributed by atoms with Gasteiger partial charge in [0.2, 0.25) is 29.4 Å². The largest absolute Gasteiger partial charge is 0.502 e. The quantitative estimate of drug-likeness (QED) is 0.131. The highest BCUT2D eigenvalue weighted by atomic mass is 16.5. The number of phenolic OH excluding ortho intramolecular Hbond substituents is 1. The number of aliphatic carboxylic acids is 2. The van der Waals surface area contributed by atoms with E-state index in [1.807, 2.05) is 12.2 Å². The molecule has 13 heteroatoms. The van der Waals surface area contributed by atoms with Crippen LogP contribution in [0.25, 0.3) is 6.08 Å². The minimum atomic E-state index is -0.899. The predicted molar refractivity (Wildman–Crippen MR) is 174 cm³/mol. The Kier molecular flexibility index (Phi) is 11.1. The van der Waals surface area contributed by atoms with Gasteiger partial charge in [0.25, 0.3) is 0 Å². The van der Waals surface area contributed by atoms with E-state index in [9.17, 15) is 33.9 Å². The third-order valence-electron chi connectivity index (χ3n) is 10.4. The Balaban J connectivity index is 1.43. The second kappa shape index (κ2) is 15.3. The van der Waals surface area contributed by atoms with Crippen LogP contribution in [0.4, 0.5) is 0 Å². The fourth-order valence-corrected chi connectivity index (χ4v) is 8.09. The summed E-state index contributed by atoms with van der Waals surface area (Å²) in [6.45, 7) is 0.384. The number of carboxylic acids is 2. The Bertz CT molecular complexity index is 1540. The number of hydrogen-bond donors (Lipinski definition) is 3. The van der Waals surface area contributed by atoms with Gasteiger partial charge in [0.15, 0.2) is 11.5 Å². The van der Waals surface area contributed by atoms with Gasteiger partial charge in [0.1, 0.15) is 0 Å². The third-order valence-corrected chi connectivity index (χ3v) is 10.4. The van der Waals surface area contributed by atoms with E-state index in [2.05, 4.69) is 0 Å². The lowest BCUT2D eigenvalue weighted by Crippen LogP contribution is -2.43. The first-order chi connectivity index (χ1) is 23.5. The average Bonchev–Trinajstić information content (AvgIpc) is 3.46. The zero-order valence-electron chi connectivity index (χ0n) is 27.8. The summed E-state index contributed by atoms with van der Waals surface area (Å²) in [5.74, 6) is -6.33.